The lowest BCUT2D eigenvalue weighted by atomic mass is 9.54. The molecule has 12 heteroatoms. The third-order valence-electron chi connectivity index (χ3n) is 2.99. The summed E-state index contributed by atoms with van der Waals surface area (Å²) in [6, 6.07) is 0. The molecule has 1 aliphatic rings. The van der Waals surface area contributed by atoms with Crippen LogP contribution in [0.5, 0.6) is 0 Å². The zero-order valence-electron chi connectivity index (χ0n) is 19.6. The standard InChI is InChI=1S/C7H15BO2.C3H9BO2.C3H9B.CH5BO2.2CH2O/c1-6(2)7(3,4)10-8(5)9-6;1-4(2-5)3-6;1-4(2)3;1-2(3)4;2*1-2/h1-5H3;5-6H,2-3H2,1H3;1-3H3;3-4H,1H3;2*1H2. The molecule has 0 spiro atoms. The van der Waals surface area contributed by atoms with Crippen molar-refractivity contribution in [1.29, 1.82) is 0 Å². The molecule has 0 radical (unpaired) electrons. The minimum atomic E-state index is -1.17. The van der Waals surface area contributed by atoms with Gasteiger partial charge in [0.2, 0.25) is 0 Å². The fourth-order valence-corrected chi connectivity index (χ4v) is 1.20. The van der Waals surface area contributed by atoms with E-state index in [1.165, 1.54) is 6.82 Å². The van der Waals surface area contributed by atoms with E-state index >= 15 is 0 Å². The summed E-state index contributed by atoms with van der Waals surface area (Å²) in [7, 11) is -1.23. The predicted octanol–water partition coefficient (Wildman–Crippen LogP) is 0.972. The lowest BCUT2D eigenvalue weighted by Gasteiger charge is -2.32. The van der Waals surface area contributed by atoms with E-state index in [1.807, 2.05) is 20.4 Å². The molecule has 1 heterocycles. The highest BCUT2D eigenvalue weighted by Crippen LogP contribution is 2.36. The molecule has 4 N–H and O–H groups in total. The second-order valence-corrected chi connectivity index (χ2v) is 7.66. The Morgan fingerprint density at radius 2 is 0.964 bits per heavy atom. The van der Waals surface area contributed by atoms with Crippen LogP contribution in [0.25, 0.3) is 0 Å². The third kappa shape index (κ3) is 30.1. The maximum Gasteiger partial charge on any atom is 0.454 e. The Labute approximate surface area is 173 Å². The first-order valence-electron chi connectivity index (χ1n) is 9.14. The number of hydrogen-bond acceptors (Lipinski definition) is 8. The van der Waals surface area contributed by atoms with Gasteiger partial charge < -0.3 is 39.2 Å². The summed E-state index contributed by atoms with van der Waals surface area (Å²) in [4.78, 5) is 16.0. The van der Waals surface area contributed by atoms with E-state index < -0.39 is 7.12 Å². The summed E-state index contributed by atoms with van der Waals surface area (Å²) in [5, 5.41) is 31.6. The van der Waals surface area contributed by atoms with Crippen LogP contribution < -0.4 is 0 Å². The van der Waals surface area contributed by atoms with Crippen molar-refractivity contribution >= 4 is 41.2 Å². The summed E-state index contributed by atoms with van der Waals surface area (Å²) in [6.07, 6.45) is 0. The lowest BCUT2D eigenvalue weighted by molar-refractivity contribution is -0.0987. The van der Waals surface area contributed by atoms with E-state index in [0.717, 1.165) is 6.71 Å². The van der Waals surface area contributed by atoms with Crippen molar-refractivity contribution in [3.05, 3.63) is 0 Å². The van der Waals surface area contributed by atoms with Gasteiger partial charge in [-0.25, -0.2) is 0 Å². The molecule has 0 aliphatic carbocycles. The molecule has 0 aromatic carbocycles. The average Bonchev–Trinajstić information content (AvgIpc) is 2.75. The Morgan fingerprint density at radius 1 is 0.786 bits per heavy atom. The molecule has 0 aromatic heterocycles. The molecule has 8 nitrogen and oxygen atoms in total. The fourth-order valence-electron chi connectivity index (χ4n) is 1.20. The van der Waals surface area contributed by atoms with E-state index in [0.29, 0.717) is 0 Å². The van der Waals surface area contributed by atoms with Gasteiger partial charge in [0, 0.05) is 13.0 Å². The van der Waals surface area contributed by atoms with Crippen LogP contribution in [-0.2, 0) is 18.9 Å². The van der Waals surface area contributed by atoms with Crippen LogP contribution in [-0.4, -0.2) is 85.7 Å². The highest BCUT2D eigenvalue weighted by Gasteiger charge is 2.48. The predicted molar refractivity (Wildman–Crippen MR) is 121 cm³/mol. The number of rotatable bonds is 2. The van der Waals surface area contributed by atoms with Crippen molar-refractivity contribution in [2.75, 3.05) is 13.0 Å². The maximum atomic E-state index is 8.17. The van der Waals surface area contributed by atoms with Crippen molar-refractivity contribution in [1.82, 2.24) is 0 Å². The van der Waals surface area contributed by atoms with Crippen molar-refractivity contribution in [3.63, 3.8) is 0 Å². The van der Waals surface area contributed by atoms with E-state index in [2.05, 4.69) is 48.2 Å². The number of aliphatic hydroxyl groups excluding tert-OH is 2. The molecule has 1 aliphatic heterocycles. The molecule has 0 bridgehead atoms. The quantitative estimate of drug-likeness (QED) is 0.499. The first kappa shape index (κ1) is 38.0. The van der Waals surface area contributed by atoms with Crippen LogP contribution in [0, 0.1) is 0 Å². The minimum Gasteiger partial charge on any atom is -0.427 e. The molecular formula is C16H42B4O8. The number of hydrogen-bond donors (Lipinski definition) is 4. The highest BCUT2D eigenvalue weighted by molar-refractivity contribution is 6.56. The normalized spacial score (nSPS) is 14.4. The first-order chi connectivity index (χ1) is 12.6. The molecule has 0 saturated carbocycles. The summed E-state index contributed by atoms with van der Waals surface area (Å²) in [5.41, 5.74) is -0.321. The zero-order valence-corrected chi connectivity index (χ0v) is 19.6. The lowest BCUT2D eigenvalue weighted by Crippen LogP contribution is -2.41. The second kappa shape index (κ2) is 22.6. The molecule has 1 fully saturated rings. The molecule has 0 aromatic rings. The van der Waals surface area contributed by atoms with Gasteiger partial charge in [-0.15, -0.1) is 0 Å². The SMILES string of the molecule is C=O.C=O.CB(C)C.CB(CO)CO.CB(O)O.CB1OC(C)(C)C(C)(C)O1. The largest absolute Gasteiger partial charge is 0.454 e. The van der Waals surface area contributed by atoms with E-state index in [1.54, 1.807) is 6.82 Å². The number of carbonyl (C=O) groups excluding carboxylic acids is 2. The molecule has 166 valence electrons. The van der Waals surface area contributed by atoms with E-state index in [-0.39, 0.29) is 38.0 Å². The summed E-state index contributed by atoms with van der Waals surface area (Å²) < 4.78 is 11.1. The van der Waals surface area contributed by atoms with Gasteiger partial charge in [0.05, 0.1) is 11.2 Å². The average molecular weight is 406 g/mol. The van der Waals surface area contributed by atoms with Crippen molar-refractivity contribution in [2.24, 2.45) is 0 Å². The van der Waals surface area contributed by atoms with Gasteiger partial charge in [0.25, 0.3) is 0 Å². The third-order valence-corrected chi connectivity index (χ3v) is 2.99. The molecule has 28 heavy (non-hydrogen) atoms. The van der Waals surface area contributed by atoms with Gasteiger partial charge in [-0.3, -0.25) is 0 Å². The minimum absolute atomic E-state index is 0.0463. The summed E-state index contributed by atoms with van der Waals surface area (Å²) >= 11 is 0. The van der Waals surface area contributed by atoms with Crippen molar-refractivity contribution in [2.45, 2.75) is 79.8 Å². The maximum absolute atomic E-state index is 8.17. The Hall–Kier alpha value is -0.640. The van der Waals surface area contributed by atoms with Gasteiger partial charge in [-0.2, -0.15) is 0 Å². The molecular weight excluding hydrogens is 363 g/mol. The van der Waals surface area contributed by atoms with Crippen molar-refractivity contribution < 1.29 is 39.2 Å². The fraction of sp³-hybridized carbons (Fsp3) is 0.875. The summed E-state index contributed by atoms with van der Waals surface area (Å²) in [5.74, 6) is 0. The monoisotopic (exact) mass is 406 g/mol. The number of carbonyl (C=O) groups is 2. The summed E-state index contributed by atoms with van der Waals surface area (Å²) in [6.45, 7) is 24.7. The molecule has 0 amide bonds. The Kier molecular flexibility index (Phi) is 30.8. The van der Waals surface area contributed by atoms with Gasteiger partial charge in [-0.05, 0) is 41.3 Å². The molecule has 1 saturated heterocycles. The highest BCUT2D eigenvalue weighted by atomic mass is 16.7. The Balaban J connectivity index is -0.0000000851. The van der Waals surface area contributed by atoms with Crippen LogP contribution in [0.1, 0.15) is 27.7 Å². The van der Waals surface area contributed by atoms with Gasteiger partial charge in [0.15, 0.2) is 6.71 Å². The van der Waals surface area contributed by atoms with Crippen LogP contribution in [0.2, 0.25) is 40.9 Å². The van der Waals surface area contributed by atoms with Gasteiger partial charge in [-0.1, -0.05) is 27.3 Å². The van der Waals surface area contributed by atoms with Crippen LogP contribution in [0.3, 0.4) is 0 Å². The van der Waals surface area contributed by atoms with E-state index in [4.69, 9.17) is 39.2 Å². The second-order valence-electron chi connectivity index (χ2n) is 7.66. The molecule has 0 unspecified atom stereocenters. The smallest absolute Gasteiger partial charge is 0.427 e. The molecule has 0 atom stereocenters. The topological polar surface area (TPSA) is 134 Å². The van der Waals surface area contributed by atoms with Gasteiger partial charge >= 0.3 is 14.2 Å². The Bertz CT molecular complexity index is 288. The van der Waals surface area contributed by atoms with Crippen molar-refractivity contribution in [3.8, 4) is 0 Å². The number of aliphatic hydroxyl groups is 2. The van der Waals surface area contributed by atoms with E-state index in [9.17, 15) is 0 Å². The zero-order chi connectivity index (χ0) is 24.1. The Morgan fingerprint density at radius 3 is 1.00 bits per heavy atom. The van der Waals surface area contributed by atoms with Crippen LogP contribution in [0.4, 0.5) is 0 Å². The first-order valence-corrected chi connectivity index (χ1v) is 9.14. The van der Waals surface area contributed by atoms with Gasteiger partial charge in [0.1, 0.15) is 20.3 Å². The molecule has 1 rings (SSSR count). The van der Waals surface area contributed by atoms with Crippen LogP contribution in [0.15, 0.2) is 0 Å². The van der Waals surface area contributed by atoms with Crippen LogP contribution >= 0.6 is 0 Å².